The second kappa shape index (κ2) is 8.67. The molecule has 1 aromatic heterocycles. The smallest absolute Gasteiger partial charge is 0.239 e. The maximum absolute atomic E-state index is 12.0. The maximum atomic E-state index is 12.0. The highest BCUT2D eigenvalue weighted by Gasteiger charge is 2.20. The number of rotatable bonds is 5. The van der Waals surface area contributed by atoms with Gasteiger partial charge in [-0.1, -0.05) is 30.3 Å². The highest BCUT2D eigenvalue weighted by molar-refractivity contribution is 5.85. The molecule has 0 spiro atoms. The van der Waals surface area contributed by atoms with Crippen molar-refractivity contribution in [2.75, 3.05) is 19.8 Å². The molecule has 23 heavy (non-hydrogen) atoms. The van der Waals surface area contributed by atoms with Crippen LogP contribution in [0.5, 0.6) is 0 Å². The molecule has 7 heteroatoms. The first kappa shape index (κ1) is 17.5. The minimum absolute atomic E-state index is 0. The van der Waals surface area contributed by atoms with E-state index in [-0.39, 0.29) is 24.4 Å². The van der Waals surface area contributed by atoms with Gasteiger partial charge >= 0.3 is 0 Å². The fourth-order valence-electron chi connectivity index (χ4n) is 2.40. The van der Waals surface area contributed by atoms with Crippen LogP contribution in [0.1, 0.15) is 11.1 Å². The average Bonchev–Trinajstić information content (AvgIpc) is 3.02. The first-order valence-corrected chi connectivity index (χ1v) is 7.45. The van der Waals surface area contributed by atoms with E-state index in [1.54, 1.807) is 6.20 Å². The van der Waals surface area contributed by atoms with Crippen molar-refractivity contribution in [1.82, 2.24) is 20.4 Å². The number of halogens is 1. The molecule has 0 aliphatic carbocycles. The molecule has 124 valence electrons. The Morgan fingerprint density at radius 3 is 2.91 bits per heavy atom. The Morgan fingerprint density at radius 1 is 1.35 bits per heavy atom. The quantitative estimate of drug-likeness (QED) is 0.853. The first-order chi connectivity index (χ1) is 10.8. The molecule has 1 aromatic carbocycles. The summed E-state index contributed by atoms with van der Waals surface area (Å²) in [5, 5.41) is 10.4. The number of amides is 1. The van der Waals surface area contributed by atoms with Crippen LogP contribution in [0.4, 0.5) is 0 Å². The first-order valence-electron chi connectivity index (χ1n) is 7.45. The fraction of sp³-hybridized carbons (Fsp3) is 0.375. The average molecular weight is 337 g/mol. The van der Waals surface area contributed by atoms with E-state index >= 15 is 0 Å². The third-order valence-electron chi connectivity index (χ3n) is 3.58. The zero-order valence-corrected chi connectivity index (χ0v) is 13.6. The number of carbonyl (C=O) groups excluding carboxylic acids is 1. The van der Waals surface area contributed by atoms with Crippen molar-refractivity contribution in [2.24, 2.45) is 0 Å². The predicted molar refractivity (Wildman–Crippen MR) is 89.5 cm³/mol. The lowest BCUT2D eigenvalue weighted by molar-refractivity contribution is -0.126. The van der Waals surface area contributed by atoms with Crippen LogP contribution in [0, 0.1) is 0 Å². The molecule has 1 aliphatic rings. The van der Waals surface area contributed by atoms with E-state index in [1.807, 2.05) is 29.1 Å². The molecule has 2 heterocycles. The Balaban J connectivity index is 0.00000192. The Bertz CT molecular complexity index is 612. The number of benzene rings is 1. The second-order valence-corrected chi connectivity index (χ2v) is 5.33. The number of morpholine rings is 1. The molecular formula is C16H21ClN4O2. The van der Waals surface area contributed by atoms with Gasteiger partial charge in [0.25, 0.3) is 0 Å². The van der Waals surface area contributed by atoms with Crippen molar-refractivity contribution in [3.63, 3.8) is 0 Å². The molecule has 1 fully saturated rings. The molecule has 1 saturated heterocycles. The highest BCUT2D eigenvalue weighted by atomic mass is 35.5. The number of hydrogen-bond acceptors (Lipinski definition) is 4. The molecule has 1 atom stereocenters. The van der Waals surface area contributed by atoms with Gasteiger partial charge in [0.2, 0.25) is 5.91 Å². The molecule has 1 aliphatic heterocycles. The summed E-state index contributed by atoms with van der Waals surface area (Å²) in [6.07, 6.45) is 3.74. The molecule has 1 unspecified atom stereocenters. The van der Waals surface area contributed by atoms with Gasteiger partial charge in [0.15, 0.2) is 0 Å². The van der Waals surface area contributed by atoms with Gasteiger partial charge in [-0.2, -0.15) is 5.10 Å². The zero-order chi connectivity index (χ0) is 15.2. The third kappa shape index (κ3) is 5.06. The van der Waals surface area contributed by atoms with E-state index in [0.29, 0.717) is 26.3 Å². The van der Waals surface area contributed by atoms with Crippen LogP contribution in [0.3, 0.4) is 0 Å². The summed E-state index contributed by atoms with van der Waals surface area (Å²) in [6, 6.07) is 9.90. The Hall–Kier alpha value is -1.89. The lowest BCUT2D eigenvalue weighted by atomic mass is 10.2. The SMILES string of the molecule is Cl.O=C(NCc1cnn(Cc2ccccc2)c1)C1COCCN1. The van der Waals surface area contributed by atoms with Crippen molar-refractivity contribution >= 4 is 18.3 Å². The van der Waals surface area contributed by atoms with Crippen LogP contribution in [0.2, 0.25) is 0 Å². The van der Waals surface area contributed by atoms with Gasteiger partial charge in [-0.3, -0.25) is 9.48 Å². The van der Waals surface area contributed by atoms with Crippen LogP contribution in [0.25, 0.3) is 0 Å². The van der Waals surface area contributed by atoms with E-state index in [4.69, 9.17) is 4.74 Å². The predicted octanol–water partition coefficient (Wildman–Crippen LogP) is 0.958. The van der Waals surface area contributed by atoms with E-state index < -0.39 is 0 Å². The molecule has 3 rings (SSSR count). The van der Waals surface area contributed by atoms with Gasteiger partial charge in [-0.15, -0.1) is 12.4 Å². The van der Waals surface area contributed by atoms with Crippen molar-refractivity contribution in [2.45, 2.75) is 19.1 Å². The van der Waals surface area contributed by atoms with Gasteiger partial charge in [-0.25, -0.2) is 0 Å². The van der Waals surface area contributed by atoms with Crippen molar-refractivity contribution in [3.8, 4) is 0 Å². The van der Waals surface area contributed by atoms with Crippen LogP contribution >= 0.6 is 12.4 Å². The van der Waals surface area contributed by atoms with Crippen molar-refractivity contribution < 1.29 is 9.53 Å². The third-order valence-corrected chi connectivity index (χ3v) is 3.58. The lowest BCUT2D eigenvalue weighted by Crippen LogP contribution is -2.51. The Morgan fingerprint density at radius 2 is 2.17 bits per heavy atom. The normalized spacial score (nSPS) is 17.3. The number of nitrogens with zero attached hydrogens (tertiary/aromatic N) is 2. The van der Waals surface area contributed by atoms with Crippen LogP contribution in [-0.4, -0.2) is 41.5 Å². The van der Waals surface area contributed by atoms with E-state index in [2.05, 4.69) is 27.9 Å². The summed E-state index contributed by atoms with van der Waals surface area (Å²) in [5.74, 6) is -0.0319. The summed E-state index contributed by atoms with van der Waals surface area (Å²) >= 11 is 0. The monoisotopic (exact) mass is 336 g/mol. The van der Waals surface area contributed by atoms with Gasteiger partial charge in [0.05, 0.1) is 26.0 Å². The largest absolute Gasteiger partial charge is 0.378 e. The number of aromatic nitrogens is 2. The number of ether oxygens (including phenoxy) is 1. The summed E-state index contributed by atoms with van der Waals surface area (Å²) in [7, 11) is 0. The summed E-state index contributed by atoms with van der Waals surface area (Å²) in [5.41, 5.74) is 2.19. The molecule has 0 bridgehead atoms. The van der Waals surface area contributed by atoms with Crippen LogP contribution < -0.4 is 10.6 Å². The number of hydrogen-bond donors (Lipinski definition) is 2. The molecule has 1 amide bonds. The molecule has 0 radical (unpaired) electrons. The summed E-state index contributed by atoms with van der Waals surface area (Å²) in [6.45, 7) is 3.01. The Kier molecular flexibility index (Phi) is 6.58. The topological polar surface area (TPSA) is 68.2 Å². The van der Waals surface area contributed by atoms with Crippen LogP contribution in [-0.2, 0) is 22.6 Å². The second-order valence-electron chi connectivity index (χ2n) is 5.33. The number of nitrogens with one attached hydrogen (secondary N) is 2. The standard InChI is InChI=1S/C16H20N4O2.ClH/c21-16(15-12-22-7-6-17-15)18-8-14-9-19-20(11-14)10-13-4-2-1-3-5-13;/h1-5,9,11,15,17H,6-8,10,12H2,(H,18,21);1H. The van der Waals surface area contributed by atoms with Crippen molar-refractivity contribution in [3.05, 3.63) is 53.9 Å². The molecule has 6 nitrogen and oxygen atoms in total. The van der Waals surface area contributed by atoms with Crippen molar-refractivity contribution in [1.29, 1.82) is 0 Å². The van der Waals surface area contributed by atoms with E-state index in [9.17, 15) is 4.79 Å². The summed E-state index contributed by atoms with van der Waals surface area (Å²) < 4.78 is 7.16. The van der Waals surface area contributed by atoms with Crippen LogP contribution in [0.15, 0.2) is 42.7 Å². The number of carbonyl (C=O) groups is 1. The maximum Gasteiger partial charge on any atom is 0.239 e. The van der Waals surface area contributed by atoms with Gasteiger partial charge in [0.1, 0.15) is 6.04 Å². The summed E-state index contributed by atoms with van der Waals surface area (Å²) in [4.78, 5) is 12.0. The zero-order valence-electron chi connectivity index (χ0n) is 12.8. The molecular weight excluding hydrogens is 316 g/mol. The minimum Gasteiger partial charge on any atom is -0.378 e. The fourth-order valence-corrected chi connectivity index (χ4v) is 2.40. The van der Waals surface area contributed by atoms with E-state index in [0.717, 1.165) is 12.1 Å². The minimum atomic E-state index is -0.256. The molecule has 2 aromatic rings. The Labute approximate surface area is 141 Å². The van der Waals surface area contributed by atoms with Gasteiger partial charge in [-0.05, 0) is 5.56 Å². The molecule has 0 saturated carbocycles. The highest BCUT2D eigenvalue weighted by Crippen LogP contribution is 2.04. The lowest BCUT2D eigenvalue weighted by Gasteiger charge is -2.22. The molecule has 2 N–H and O–H groups in total. The van der Waals surface area contributed by atoms with E-state index in [1.165, 1.54) is 5.56 Å². The van der Waals surface area contributed by atoms with Gasteiger partial charge in [0, 0.05) is 24.8 Å². The van der Waals surface area contributed by atoms with Gasteiger partial charge < -0.3 is 15.4 Å².